The highest BCUT2D eigenvalue weighted by atomic mass is 32.2. The van der Waals surface area contributed by atoms with E-state index in [0.29, 0.717) is 0 Å². The molecule has 0 bridgehead atoms. The molecule has 1 N–H and O–H groups in total. The van der Waals surface area contributed by atoms with E-state index in [1.54, 1.807) is 0 Å². The Bertz CT molecular complexity index is 314. The van der Waals surface area contributed by atoms with Crippen molar-refractivity contribution in [1.29, 1.82) is 0 Å². The van der Waals surface area contributed by atoms with Gasteiger partial charge in [0.2, 0.25) is 0 Å². The van der Waals surface area contributed by atoms with Crippen molar-refractivity contribution in [3.63, 3.8) is 0 Å². The minimum absolute atomic E-state index is 0.222. The van der Waals surface area contributed by atoms with Gasteiger partial charge in [0.25, 0.3) is 0 Å². The van der Waals surface area contributed by atoms with E-state index >= 15 is 0 Å². The highest BCUT2D eigenvalue weighted by Crippen LogP contribution is 2.39. The summed E-state index contributed by atoms with van der Waals surface area (Å²) in [7, 11) is 0. The van der Waals surface area contributed by atoms with Crippen LogP contribution in [-0.2, 0) is 4.74 Å². The lowest BCUT2D eigenvalue weighted by Crippen LogP contribution is -2.53. The lowest BCUT2D eigenvalue weighted by Gasteiger charge is -2.44. The molecule has 0 aliphatic carbocycles. The molecule has 0 aromatic carbocycles. The number of hydrogen-bond donors (Lipinski definition) is 1. The maximum atomic E-state index is 6.21. The van der Waals surface area contributed by atoms with Crippen LogP contribution in [0.2, 0.25) is 0 Å². The second-order valence-electron chi connectivity index (χ2n) is 7.12. The van der Waals surface area contributed by atoms with Crippen molar-refractivity contribution in [3.05, 3.63) is 0 Å². The largest absolute Gasteiger partial charge is 0.374 e. The van der Waals surface area contributed by atoms with Gasteiger partial charge in [-0.15, -0.1) is 0 Å². The SMILES string of the molecule is CCCN(CC1CCCCN1)C1CCOC2(CCSC2)C1. The molecule has 3 rings (SSSR count). The molecule has 3 unspecified atom stereocenters. The zero-order chi connectivity index (χ0) is 14.5. The zero-order valence-corrected chi connectivity index (χ0v) is 14.4. The number of piperidine rings is 1. The Kier molecular flexibility index (Phi) is 5.88. The van der Waals surface area contributed by atoms with Gasteiger partial charge in [0.1, 0.15) is 0 Å². The highest BCUT2D eigenvalue weighted by molar-refractivity contribution is 7.99. The summed E-state index contributed by atoms with van der Waals surface area (Å²) in [6.07, 6.45) is 9.19. The molecule has 3 saturated heterocycles. The second-order valence-corrected chi connectivity index (χ2v) is 8.23. The van der Waals surface area contributed by atoms with Crippen LogP contribution in [0.5, 0.6) is 0 Å². The molecule has 122 valence electrons. The van der Waals surface area contributed by atoms with Crippen molar-refractivity contribution in [2.75, 3.05) is 37.7 Å². The lowest BCUT2D eigenvalue weighted by molar-refractivity contribution is -0.0906. The average Bonchev–Trinajstić information content (AvgIpc) is 2.96. The smallest absolute Gasteiger partial charge is 0.0795 e. The predicted octanol–water partition coefficient (Wildman–Crippen LogP) is 2.90. The molecule has 3 aliphatic rings. The standard InChI is InChI=1S/C17H32N2OS/c1-2-9-19(13-15-5-3-4-8-18-15)16-6-10-20-17(12-16)7-11-21-14-17/h15-16,18H,2-14H2,1H3. The summed E-state index contributed by atoms with van der Waals surface area (Å²) >= 11 is 2.09. The summed E-state index contributed by atoms with van der Waals surface area (Å²) < 4.78 is 6.21. The van der Waals surface area contributed by atoms with E-state index < -0.39 is 0 Å². The van der Waals surface area contributed by atoms with Gasteiger partial charge in [-0.3, -0.25) is 4.90 Å². The summed E-state index contributed by atoms with van der Waals surface area (Å²) in [5.74, 6) is 2.52. The average molecular weight is 313 g/mol. The van der Waals surface area contributed by atoms with Gasteiger partial charge in [-0.1, -0.05) is 13.3 Å². The van der Waals surface area contributed by atoms with Gasteiger partial charge in [0, 0.05) is 31.0 Å². The number of hydrogen-bond acceptors (Lipinski definition) is 4. The zero-order valence-electron chi connectivity index (χ0n) is 13.6. The normalized spacial score (nSPS) is 37.4. The summed E-state index contributed by atoms with van der Waals surface area (Å²) in [5.41, 5.74) is 0.222. The van der Waals surface area contributed by atoms with E-state index in [0.717, 1.165) is 18.7 Å². The third-order valence-corrected chi connectivity index (χ3v) is 6.65. The van der Waals surface area contributed by atoms with Crippen LogP contribution in [0.4, 0.5) is 0 Å². The minimum Gasteiger partial charge on any atom is -0.374 e. The summed E-state index contributed by atoms with van der Waals surface area (Å²) in [5, 5.41) is 3.73. The Hall–Kier alpha value is 0.230. The van der Waals surface area contributed by atoms with Crippen LogP contribution >= 0.6 is 11.8 Å². The molecule has 4 heteroatoms. The topological polar surface area (TPSA) is 24.5 Å². The first kappa shape index (κ1) is 16.1. The molecule has 0 radical (unpaired) electrons. The third kappa shape index (κ3) is 4.15. The van der Waals surface area contributed by atoms with Crippen LogP contribution in [0, 0.1) is 0 Å². The van der Waals surface area contributed by atoms with Crippen molar-refractivity contribution in [2.24, 2.45) is 0 Å². The second kappa shape index (κ2) is 7.67. The molecule has 3 atom stereocenters. The molecule has 0 saturated carbocycles. The molecule has 1 spiro atoms. The summed E-state index contributed by atoms with van der Waals surface area (Å²) in [6.45, 7) is 7.03. The first-order chi connectivity index (χ1) is 10.3. The monoisotopic (exact) mass is 312 g/mol. The van der Waals surface area contributed by atoms with Gasteiger partial charge in [0.05, 0.1) is 5.60 Å². The van der Waals surface area contributed by atoms with Gasteiger partial charge in [-0.05, 0) is 57.4 Å². The molecule has 0 aromatic heterocycles. The summed E-state index contributed by atoms with van der Waals surface area (Å²) in [4.78, 5) is 2.79. The Balaban J connectivity index is 1.59. The molecule has 3 heterocycles. The number of ether oxygens (including phenoxy) is 1. The van der Waals surface area contributed by atoms with Crippen LogP contribution in [0.3, 0.4) is 0 Å². The van der Waals surface area contributed by atoms with Crippen molar-refractivity contribution in [2.45, 2.75) is 69.6 Å². The van der Waals surface area contributed by atoms with Crippen molar-refractivity contribution in [3.8, 4) is 0 Å². The van der Waals surface area contributed by atoms with E-state index in [4.69, 9.17) is 4.74 Å². The van der Waals surface area contributed by atoms with E-state index in [1.165, 1.54) is 76.1 Å². The van der Waals surface area contributed by atoms with Crippen LogP contribution < -0.4 is 5.32 Å². The van der Waals surface area contributed by atoms with Gasteiger partial charge in [-0.25, -0.2) is 0 Å². The fraction of sp³-hybridized carbons (Fsp3) is 1.00. The molecule has 3 aliphatic heterocycles. The van der Waals surface area contributed by atoms with Crippen LogP contribution in [0.25, 0.3) is 0 Å². The van der Waals surface area contributed by atoms with Crippen molar-refractivity contribution >= 4 is 11.8 Å². The molecule has 0 amide bonds. The summed E-state index contributed by atoms with van der Waals surface area (Å²) in [6, 6.07) is 1.48. The Labute approximate surface area is 134 Å². The van der Waals surface area contributed by atoms with Gasteiger partial charge in [-0.2, -0.15) is 11.8 Å². The van der Waals surface area contributed by atoms with Gasteiger partial charge >= 0.3 is 0 Å². The Morgan fingerprint density at radius 2 is 2.29 bits per heavy atom. The first-order valence-corrected chi connectivity index (χ1v) is 10.2. The van der Waals surface area contributed by atoms with Crippen molar-refractivity contribution in [1.82, 2.24) is 10.2 Å². The number of nitrogens with one attached hydrogen (secondary N) is 1. The molecule has 3 fully saturated rings. The van der Waals surface area contributed by atoms with Crippen LogP contribution in [0.1, 0.15) is 51.9 Å². The number of nitrogens with zero attached hydrogens (tertiary/aromatic N) is 1. The molecule has 0 aromatic rings. The lowest BCUT2D eigenvalue weighted by atomic mass is 9.88. The van der Waals surface area contributed by atoms with Gasteiger partial charge in [0.15, 0.2) is 0 Å². The first-order valence-electron chi connectivity index (χ1n) is 9.00. The maximum absolute atomic E-state index is 6.21. The molecular formula is C17H32N2OS. The van der Waals surface area contributed by atoms with E-state index in [2.05, 4.69) is 28.9 Å². The van der Waals surface area contributed by atoms with Crippen molar-refractivity contribution < 1.29 is 4.74 Å². The number of thioether (sulfide) groups is 1. The fourth-order valence-corrected chi connectivity index (χ4v) is 5.63. The molecule has 3 nitrogen and oxygen atoms in total. The van der Waals surface area contributed by atoms with E-state index in [9.17, 15) is 0 Å². The Morgan fingerprint density at radius 1 is 1.33 bits per heavy atom. The van der Waals surface area contributed by atoms with E-state index in [1.807, 2.05) is 0 Å². The fourth-order valence-electron chi connectivity index (χ4n) is 4.25. The van der Waals surface area contributed by atoms with Gasteiger partial charge < -0.3 is 10.1 Å². The van der Waals surface area contributed by atoms with Crippen LogP contribution in [0.15, 0.2) is 0 Å². The Morgan fingerprint density at radius 3 is 3.00 bits per heavy atom. The van der Waals surface area contributed by atoms with E-state index in [-0.39, 0.29) is 5.60 Å². The quantitative estimate of drug-likeness (QED) is 0.844. The maximum Gasteiger partial charge on any atom is 0.0795 e. The predicted molar refractivity (Wildman–Crippen MR) is 91.2 cm³/mol. The molecular weight excluding hydrogens is 280 g/mol. The minimum atomic E-state index is 0.222. The third-order valence-electron chi connectivity index (χ3n) is 5.43. The number of rotatable bonds is 5. The van der Waals surface area contributed by atoms with Crippen LogP contribution in [-0.4, -0.2) is 60.3 Å². The highest BCUT2D eigenvalue weighted by Gasteiger charge is 2.42. The molecule has 21 heavy (non-hydrogen) atoms.